The molecule has 0 aromatic carbocycles. The van der Waals surface area contributed by atoms with E-state index in [-0.39, 0.29) is 0 Å². The van der Waals surface area contributed by atoms with Crippen molar-refractivity contribution in [3.8, 4) is 5.95 Å². The van der Waals surface area contributed by atoms with E-state index in [4.69, 9.17) is 4.42 Å². The van der Waals surface area contributed by atoms with Crippen LogP contribution >= 0.6 is 0 Å². The number of imidazole rings is 1. The Morgan fingerprint density at radius 2 is 2.15 bits per heavy atom. The van der Waals surface area contributed by atoms with Crippen molar-refractivity contribution in [1.82, 2.24) is 24.5 Å². The minimum atomic E-state index is 0.462. The molecule has 3 heterocycles. The van der Waals surface area contributed by atoms with Gasteiger partial charge in [-0.1, -0.05) is 0 Å². The van der Waals surface area contributed by atoms with Crippen LogP contribution in [0.4, 0.5) is 11.9 Å². The summed E-state index contributed by atoms with van der Waals surface area (Å²) in [6.45, 7) is 0.504. The van der Waals surface area contributed by atoms with E-state index in [0.717, 1.165) is 5.76 Å². The number of nitrogens with zero attached hydrogens (tertiary/aromatic N) is 5. The number of anilines is 2. The third-order valence-corrected chi connectivity index (χ3v) is 2.58. The molecule has 0 radical (unpaired) electrons. The topological polar surface area (TPSA) is 93.7 Å². The van der Waals surface area contributed by atoms with Gasteiger partial charge in [-0.25, -0.2) is 4.98 Å². The molecule has 8 heteroatoms. The molecule has 0 amide bonds. The maximum absolute atomic E-state index is 5.25. The lowest BCUT2D eigenvalue weighted by Gasteiger charge is -2.07. The monoisotopic (exact) mass is 271 g/mol. The van der Waals surface area contributed by atoms with Crippen molar-refractivity contribution < 1.29 is 4.42 Å². The van der Waals surface area contributed by atoms with Gasteiger partial charge in [-0.15, -0.1) is 0 Å². The molecule has 0 unspecified atom stereocenters. The van der Waals surface area contributed by atoms with Crippen molar-refractivity contribution in [3.05, 3.63) is 42.9 Å². The van der Waals surface area contributed by atoms with Gasteiger partial charge < -0.3 is 15.1 Å². The Hall–Kier alpha value is -2.90. The van der Waals surface area contributed by atoms with Gasteiger partial charge in [-0.2, -0.15) is 15.0 Å². The number of aromatic nitrogens is 5. The van der Waals surface area contributed by atoms with Gasteiger partial charge in [-0.05, 0) is 12.1 Å². The Morgan fingerprint density at radius 3 is 2.85 bits per heavy atom. The predicted octanol–water partition coefficient (Wildman–Crippen LogP) is 1.30. The molecule has 0 aliphatic rings. The summed E-state index contributed by atoms with van der Waals surface area (Å²) >= 11 is 0. The summed E-state index contributed by atoms with van der Waals surface area (Å²) in [6, 6.07) is 3.71. The van der Waals surface area contributed by atoms with E-state index in [2.05, 4.69) is 30.6 Å². The molecule has 0 aliphatic carbocycles. The summed E-state index contributed by atoms with van der Waals surface area (Å²) in [7, 11) is 1.75. The minimum Gasteiger partial charge on any atom is -0.467 e. The first kappa shape index (κ1) is 12.2. The molecule has 0 atom stereocenters. The van der Waals surface area contributed by atoms with Crippen molar-refractivity contribution in [2.24, 2.45) is 0 Å². The van der Waals surface area contributed by atoms with Crippen LogP contribution in [0.25, 0.3) is 5.95 Å². The molecular formula is C12H13N7O. The van der Waals surface area contributed by atoms with E-state index in [9.17, 15) is 0 Å². The molecular weight excluding hydrogens is 258 g/mol. The number of nitrogens with one attached hydrogen (secondary N) is 2. The van der Waals surface area contributed by atoms with Crippen LogP contribution in [0.3, 0.4) is 0 Å². The van der Waals surface area contributed by atoms with Crippen LogP contribution in [0.2, 0.25) is 0 Å². The molecule has 0 fully saturated rings. The van der Waals surface area contributed by atoms with E-state index in [0.29, 0.717) is 24.4 Å². The molecule has 0 bridgehead atoms. The summed E-state index contributed by atoms with van der Waals surface area (Å²) < 4.78 is 6.96. The molecule has 0 saturated heterocycles. The fourth-order valence-electron chi connectivity index (χ4n) is 1.63. The Bertz CT molecular complexity index is 663. The molecule has 2 N–H and O–H groups in total. The van der Waals surface area contributed by atoms with Gasteiger partial charge in [0, 0.05) is 19.4 Å². The van der Waals surface area contributed by atoms with Crippen molar-refractivity contribution in [2.75, 3.05) is 17.7 Å². The Balaban J connectivity index is 1.84. The second-order valence-electron chi connectivity index (χ2n) is 3.94. The number of rotatable bonds is 5. The highest BCUT2D eigenvalue weighted by atomic mass is 16.3. The zero-order valence-corrected chi connectivity index (χ0v) is 10.8. The summed E-state index contributed by atoms with van der Waals surface area (Å²) in [5.41, 5.74) is 0. The molecule has 20 heavy (non-hydrogen) atoms. The summed E-state index contributed by atoms with van der Waals surface area (Å²) in [4.78, 5) is 16.8. The number of hydrogen-bond donors (Lipinski definition) is 2. The van der Waals surface area contributed by atoms with Crippen LogP contribution in [-0.2, 0) is 6.54 Å². The van der Waals surface area contributed by atoms with E-state index in [1.807, 2.05) is 12.1 Å². The lowest BCUT2D eigenvalue weighted by molar-refractivity contribution is 0.517. The zero-order valence-electron chi connectivity index (χ0n) is 10.8. The van der Waals surface area contributed by atoms with Crippen molar-refractivity contribution in [2.45, 2.75) is 6.54 Å². The van der Waals surface area contributed by atoms with E-state index < -0.39 is 0 Å². The van der Waals surface area contributed by atoms with E-state index in [1.54, 1.807) is 36.6 Å². The molecule has 3 rings (SSSR count). The highest BCUT2D eigenvalue weighted by molar-refractivity contribution is 5.37. The molecule has 0 spiro atoms. The molecule has 8 nitrogen and oxygen atoms in total. The Kier molecular flexibility index (Phi) is 3.27. The smallest absolute Gasteiger partial charge is 0.241 e. The maximum atomic E-state index is 5.25. The summed E-state index contributed by atoms with van der Waals surface area (Å²) in [5.74, 6) is 2.24. The summed E-state index contributed by atoms with van der Waals surface area (Å²) in [6.07, 6.45) is 6.69. The highest BCUT2D eigenvalue weighted by Crippen LogP contribution is 2.10. The maximum Gasteiger partial charge on any atom is 0.241 e. The third-order valence-electron chi connectivity index (χ3n) is 2.58. The van der Waals surface area contributed by atoms with Crippen molar-refractivity contribution in [3.63, 3.8) is 0 Å². The highest BCUT2D eigenvalue weighted by Gasteiger charge is 2.07. The molecule has 0 saturated carbocycles. The van der Waals surface area contributed by atoms with Crippen LogP contribution in [0.1, 0.15) is 5.76 Å². The molecule has 3 aromatic rings. The van der Waals surface area contributed by atoms with Crippen LogP contribution in [0, 0.1) is 0 Å². The Morgan fingerprint density at radius 1 is 1.25 bits per heavy atom. The van der Waals surface area contributed by atoms with Crippen LogP contribution in [0.5, 0.6) is 0 Å². The molecule has 0 aliphatic heterocycles. The average molecular weight is 271 g/mol. The number of furan rings is 1. The van der Waals surface area contributed by atoms with Gasteiger partial charge in [0.15, 0.2) is 0 Å². The SMILES string of the molecule is CNc1nc(NCc2ccco2)nc(-n2ccnc2)n1. The zero-order chi connectivity index (χ0) is 13.8. The van der Waals surface area contributed by atoms with Crippen molar-refractivity contribution in [1.29, 1.82) is 0 Å². The second kappa shape index (κ2) is 5.39. The normalized spacial score (nSPS) is 10.4. The third kappa shape index (κ3) is 2.58. The first-order valence-electron chi connectivity index (χ1n) is 6.03. The fourth-order valence-corrected chi connectivity index (χ4v) is 1.63. The molecule has 102 valence electrons. The number of hydrogen-bond acceptors (Lipinski definition) is 7. The fraction of sp³-hybridized carbons (Fsp3) is 0.167. The average Bonchev–Trinajstić information content (AvgIpc) is 3.17. The van der Waals surface area contributed by atoms with Gasteiger partial charge in [0.1, 0.15) is 12.1 Å². The van der Waals surface area contributed by atoms with Gasteiger partial charge in [0.25, 0.3) is 0 Å². The van der Waals surface area contributed by atoms with E-state index in [1.165, 1.54) is 0 Å². The van der Waals surface area contributed by atoms with Crippen LogP contribution < -0.4 is 10.6 Å². The first-order chi connectivity index (χ1) is 9.85. The van der Waals surface area contributed by atoms with Crippen molar-refractivity contribution >= 4 is 11.9 Å². The van der Waals surface area contributed by atoms with Gasteiger partial charge >= 0.3 is 0 Å². The first-order valence-corrected chi connectivity index (χ1v) is 6.03. The quantitative estimate of drug-likeness (QED) is 0.722. The molecule has 3 aromatic heterocycles. The Labute approximate surface area is 114 Å². The van der Waals surface area contributed by atoms with Crippen LogP contribution in [0.15, 0.2) is 41.5 Å². The lowest BCUT2D eigenvalue weighted by Crippen LogP contribution is -2.10. The minimum absolute atomic E-state index is 0.462. The van der Waals surface area contributed by atoms with Gasteiger partial charge in [0.2, 0.25) is 17.8 Å². The largest absolute Gasteiger partial charge is 0.467 e. The van der Waals surface area contributed by atoms with Gasteiger partial charge in [0.05, 0.1) is 12.8 Å². The van der Waals surface area contributed by atoms with Gasteiger partial charge in [-0.3, -0.25) is 4.57 Å². The summed E-state index contributed by atoms with van der Waals surface area (Å²) in [5, 5.41) is 6.00. The van der Waals surface area contributed by atoms with Crippen LogP contribution in [-0.4, -0.2) is 31.6 Å². The predicted molar refractivity (Wildman–Crippen MR) is 72.5 cm³/mol. The second-order valence-corrected chi connectivity index (χ2v) is 3.94. The van der Waals surface area contributed by atoms with E-state index >= 15 is 0 Å². The lowest BCUT2D eigenvalue weighted by atomic mass is 10.4. The standard InChI is InChI=1S/C12H13N7O/c1-13-10-16-11(15-7-9-3-2-6-20-9)18-12(17-10)19-5-4-14-8-19/h2-6,8H,7H2,1H3,(H2,13,15,16,17,18).